The van der Waals surface area contributed by atoms with E-state index in [0.717, 1.165) is 39.2 Å². The molecule has 0 atom stereocenters. The third kappa shape index (κ3) is 3.64. The van der Waals surface area contributed by atoms with Gasteiger partial charge in [0.25, 0.3) is 0 Å². The first-order chi connectivity index (χ1) is 13.0. The summed E-state index contributed by atoms with van der Waals surface area (Å²) < 4.78 is 9.49. The van der Waals surface area contributed by atoms with E-state index in [-0.39, 0.29) is 5.78 Å². The number of ketones is 1. The summed E-state index contributed by atoms with van der Waals surface area (Å²) in [6, 6.07) is 9.69. The highest BCUT2D eigenvalue weighted by Crippen LogP contribution is 2.31. The maximum absolute atomic E-state index is 12.7. The molecule has 0 fully saturated rings. The van der Waals surface area contributed by atoms with Gasteiger partial charge in [0.2, 0.25) is 0 Å². The van der Waals surface area contributed by atoms with Gasteiger partial charge in [-0.2, -0.15) is 0 Å². The number of methoxy groups -OCH3 is 1. The Bertz CT molecular complexity index is 975. The molecule has 0 N–H and O–H groups in total. The van der Waals surface area contributed by atoms with Crippen molar-refractivity contribution < 1.29 is 9.53 Å². The molecule has 1 aromatic carbocycles. The average Bonchev–Trinajstić information content (AvgIpc) is 3.21. The maximum Gasteiger partial charge on any atom is 0.191 e. The molecule has 7 heteroatoms. The van der Waals surface area contributed by atoms with E-state index in [4.69, 9.17) is 4.74 Å². The fraction of sp³-hybridized carbons (Fsp3) is 0.350. The van der Waals surface area contributed by atoms with E-state index in [1.165, 1.54) is 11.8 Å². The van der Waals surface area contributed by atoms with Crippen LogP contribution in [0.15, 0.2) is 35.5 Å². The van der Waals surface area contributed by atoms with Gasteiger partial charge in [-0.25, -0.2) is 0 Å². The predicted molar refractivity (Wildman–Crippen MR) is 108 cm³/mol. The van der Waals surface area contributed by atoms with Gasteiger partial charge in [0.1, 0.15) is 5.75 Å². The van der Waals surface area contributed by atoms with Crippen LogP contribution in [0.25, 0.3) is 11.4 Å². The van der Waals surface area contributed by atoms with Crippen LogP contribution in [0.3, 0.4) is 0 Å². The summed E-state index contributed by atoms with van der Waals surface area (Å²) in [6.07, 6.45) is 0. The molecule has 3 aromatic rings. The molecule has 0 radical (unpaired) electrons. The molecule has 0 aliphatic rings. The minimum Gasteiger partial charge on any atom is -0.496 e. The van der Waals surface area contributed by atoms with Crippen molar-refractivity contribution in [3.8, 4) is 17.1 Å². The monoisotopic (exact) mass is 384 g/mol. The van der Waals surface area contributed by atoms with Crippen LogP contribution in [-0.2, 0) is 13.6 Å². The van der Waals surface area contributed by atoms with Crippen LogP contribution in [0, 0.1) is 13.8 Å². The smallest absolute Gasteiger partial charge is 0.191 e. The fourth-order valence-corrected chi connectivity index (χ4v) is 3.94. The Morgan fingerprint density at radius 3 is 2.59 bits per heavy atom. The van der Waals surface area contributed by atoms with E-state index in [1.54, 1.807) is 7.11 Å². The predicted octanol–water partition coefficient (Wildman–Crippen LogP) is 3.90. The fourth-order valence-electron chi connectivity index (χ4n) is 3.05. The Morgan fingerprint density at radius 1 is 1.22 bits per heavy atom. The van der Waals surface area contributed by atoms with E-state index in [2.05, 4.69) is 10.2 Å². The van der Waals surface area contributed by atoms with Crippen molar-refractivity contribution in [1.29, 1.82) is 0 Å². The van der Waals surface area contributed by atoms with Crippen molar-refractivity contribution in [1.82, 2.24) is 19.3 Å². The third-order valence-electron chi connectivity index (χ3n) is 4.79. The lowest BCUT2D eigenvalue weighted by Crippen LogP contribution is -2.06. The van der Waals surface area contributed by atoms with Crippen molar-refractivity contribution in [2.24, 2.45) is 7.05 Å². The molecular formula is C20H24N4O2S. The second-order valence-electron chi connectivity index (χ2n) is 6.31. The largest absolute Gasteiger partial charge is 0.496 e. The van der Waals surface area contributed by atoms with E-state index in [0.29, 0.717) is 12.3 Å². The van der Waals surface area contributed by atoms with Gasteiger partial charge < -0.3 is 13.9 Å². The van der Waals surface area contributed by atoms with Gasteiger partial charge in [0.15, 0.2) is 16.8 Å². The topological polar surface area (TPSA) is 61.9 Å². The van der Waals surface area contributed by atoms with E-state index < -0.39 is 0 Å². The number of carbonyl (C=O) groups is 1. The molecule has 142 valence electrons. The molecule has 6 nitrogen and oxygen atoms in total. The summed E-state index contributed by atoms with van der Waals surface area (Å²) in [7, 11) is 3.62. The Kier molecular flexibility index (Phi) is 5.70. The highest BCUT2D eigenvalue weighted by atomic mass is 32.2. The van der Waals surface area contributed by atoms with Gasteiger partial charge in [-0.15, -0.1) is 10.2 Å². The van der Waals surface area contributed by atoms with Crippen molar-refractivity contribution in [3.05, 3.63) is 47.3 Å². The number of para-hydroxylation sites is 1. The number of benzene rings is 1. The number of Topliss-reactive ketones (excluding diaryl/α,β-unsaturated/α-hetero) is 1. The summed E-state index contributed by atoms with van der Waals surface area (Å²) in [5.74, 6) is 1.93. The summed E-state index contributed by atoms with van der Waals surface area (Å²) in [5, 5.41) is 9.39. The Labute approximate surface area is 163 Å². The van der Waals surface area contributed by atoms with Crippen LogP contribution >= 0.6 is 11.8 Å². The third-order valence-corrected chi connectivity index (χ3v) is 5.76. The van der Waals surface area contributed by atoms with Crippen molar-refractivity contribution >= 4 is 17.5 Å². The van der Waals surface area contributed by atoms with Gasteiger partial charge >= 0.3 is 0 Å². The average molecular weight is 385 g/mol. The molecule has 0 spiro atoms. The van der Waals surface area contributed by atoms with E-state index in [1.807, 2.05) is 67.3 Å². The van der Waals surface area contributed by atoms with E-state index >= 15 is 0 Å². The minimum absolute atomic E-state index is 0.102. The number of thioether (sulfide) groups is 1. The highest BCUT2D eigenvalue weighted by Gasteiger charge is 2.19. The molecular weight excluding hydrogens is 360 g/mol. The van der Waals surface area contributed by atoms with Crippen LogP contribution in [-0.4, -0.2) is 38.0 Å². The van der Waals surface area contributed by atoms with Gasteiger partial charge in [-0.05, 0) is 39.0 Å². The molecule has 0 unspecified atom stereocenters. The van der Waals surface area contributed by atoms with Gasteiger partial charge in [0, 0.05) is 30.5 Å². The van der Waals surface area contributed by atoms with Gasteiger partial charge in [0.05, 0.1) is 18.4 Å². The first-order valence-corrected chi connectivity index (χ1v) is 9.82. The van der Waals surface area contributed by atoms with Crippen LogP contribution in [0.2, 0.25) is 0 Å². The number of hydrogen-bond acceptors (Lipinski definition) is 5. The number of aryl methyl sites for hydroxylation is 1. The lowest BCUT2D eigenvalue weighted by atomic mass is 10.2. The molecule has 3 rings (SSSR count). The zero-order valence-electron chi connectivity index (χ0n) is 16.3. The molecule has 0 aliphatic carbocycles. The number of rotatable bonds is 7. The quantitative estimate of drug-likeness (QED) is 0.457. The van der Waals surface area contributed by atoms with Crippen molar-refractivity contribution in [2.45, 2.75) is 32.5 Å². The van der Waals surface area contributed by atoms with E-state index in [9.17, 15) is 4.79 Å². The second-order valence-corrected chi connectivity index (χ2v) is 7.25. The van der Waals surface area contributed by atoms with Crippen LogP contribution in [0.4, 0.5) is 0 Å². The van der Waals surface area contributed by atoms with Crippen molar-refractivity contribution in [2.75, 3.05) is 12.9 Å². The lowest BCUT2D eigenvalue weighted by Gasteiger charge is -2.10. The number of nitrogens with zero attached hydrogens (tertiary/aromatic N) is 4. The summed E-state index contributed by atoms with van der Waals surface area (Å²) in [6.45, 7) is 6.72. The summed E-state index contributed by atoms with van der Waals surface area (Å²) in [5.41, 5.74) is 3.73. The standard InChI is InChI=1S/C20H24N4O2S/c1-6-24-19(15-9-7-8-10-18(15)26-5)21-22-20(24)27-12-17(25)16-11-13(2)23(4)14(16)3/h7-11H,6,12H2,1-5H3. The zero-order chi connectivity index (χ0) is 19.6. The SMILES string of the molecule is CCn1c(SCC(=O)c2cc(C)n(C)c2C)nnc1-c1ccccc1OC. The molecule has 0 saturated heterocycles. The molecule has 0 bridgehead atoms. The van der Waals surface area contributed by atoms with Gasteiger partial charge in [-0.3, -0.25) is 4.79 Å². The van der Waals surface area contributed by atoms with Gasteiger partial charge in [-0.1, -0.05) is 23.9 Å². The highest BCUT2D eigenvalue weighted by molar-refractivity contribution is 7.99. The van der Waals surface area contributed by atoms with Crippen LogP contribution in [0.1, 0.15) is 28.7 Å². The normalized spacial score (nSPS) is 11.0. The Balaban J connectivity index is 1.83. The number of carbonyl (C=O) groups excluding carboxylic acids is 1. The summed E-state index contributed by atoms with van der Waals surface area (Å²) in [4.78, 5) is 12.7. The molecule has 2 heterocycles. The molecule has 0 amide bonds. The number of ether oxygens (including phenoxy) is 1. The molecule has 27 heavy (non-hydrogen) atoms. The number of aromatic nitrogens is 4. The first kappa shape index (κ1) is 19.2. The van der Waals surface area contributed by atoms with Crippen LogP contribution < -0.4 is 4.74 Å². The van der Waals surface area contributed by atoms with Crippen LogP contribution in [0.5, 0.6) is 5.75 Å². The summed E-state index contributed by atoms with van der Waals surface area (Å²) >= 11 is 1.42. The van der Waals surface area contributed by atoms with Crippen molar-refractivity contribution in [3.63, 3.8) is 0 Å². The molecule has 0 saturated carbocycles. The maximum atomic E-state index is 12.7. The number of hydrogen-bond donors (Lipinski definition) is 0. The molecule has 0 aliphatic heterocycles. The Hall–Kier alpha value is -2.54. The Morgan fingerprint density at radius 2 is 1.96 bits per heavy atom. The second kappa shape index (κ2) is 8.00. The first-order valence-electron chi connectivity index (χ1n) is 8.83. The minimum atomic E-state index is 0.102. The molecule has 2 aromatic heterocycles. The zero-order valence-corrected chi connectivity index (χ0v) is 17.1. The lowest BCUT2D eigenvalue weighted by molar-refractivity contribution is 0.102.